The van der Waals surface area contributed by atoms with Crippen molar-refractivity contribution in [2.24, 2.45) is 0 Å². The van der Waals surface area contributed by atoms with E-state index in [1.165, 1.54) is 0 Å². The highest BCUT2D eigenvalue weighted by Gasteiger charge is 2.22. The van der Waals surface area contributed by atoms with Crippen molar-refractivity contribution in [2.45, 2.75) is 51.7 Å². The summed E-state index contributed by atoms with van der Waals surface area (Å²) >= 11 is 0. The van der Waals surface area contributed by atoms with Gasteiger partial charge in [-0.25, -0.2) is 19.6 Å². The molecule has 0 radical (unpaired) electrons. The number of esters is 2. The number of ether oxygens (including phenoxy) is 2. The van der Waals surface area contributed by atoms with Crippen LogP contribution in [0.15, 0.2) is 25.0 Å². The standard InChI is InChI=1S/C16H22N4O4/c1-11(3-5-13-7-17-9-19-13)23-15(21)16(22)24-12(2)4-6-14-8-18-10-20-14/h7-12H,3-6H2,1-2H3,(H,17,19)(H,18,20). The van der Waals surface area contributed by atoms with Gasteiger partial charge in [-0.15, -0.1) is 0 Å². The first-order chi connectivity index (χ1) is 11.5. The van der Waals surface area contributed by atoms with Gasteiger partial charge < -0.3 is 19.4 Å². The average molecular weight is 334 g/mol. The third-order valence-corrected chi connectivity index (χ3v) is 3.51. The van der Waals surface area contributed by atoms with Crippen LogP contribution in [0.2, 0.25) is 0 Å². The van der Waals surface area contributed by atoms with Gasteiger partial charge in [0.1, 0.15) is 0 Å². The number of carbonyl (C=O) groups excluding carboxylic acids is 2. The fourth-order valence-electron chi connectivity index (χ4n) is 2.14. The van der Waals surface area contributed by atoms with E-state index in [-0.39, 0.29) is 12.2 Å². The maximum atomic E-state index is 11.7. The molecule has 0 spiro atoms. The Morgan fingerprint density at radius 1 is 0.917 bits per heavy atom. The van der Waals surface area contributed by atoms with Gasteiger partial charge >= 0.3 is 11.9 Å². The van der Waals surface area contributed by atoms with Crippen molar-refractivity contribution in [1.82, 2.24) is 19.9 Å². The Morgan fingerprint density at radius 3 is 1.67 bits per heavy atom. The van der Waals surface area contributed by atoms with Crippen LogP contribution in [-0.2, 0) is 31.9 Å². The maximum absolute atomic E-state index is 11.7. The molecule has 2 heterocycles. The van der Waals surface area contributed by atoms with Crippen molar-refractivity contribution in [3.63, 3.8) is 0 Å². The first-order valence-corrected chi connectivity index (χ1v) is 7.91. The summed E-state index contributed by atoms with van der Waals surface area (Å²) in [5.41, 5.74) is 1.76. The molecule has 2 unspecified atom stereocenters. The van der Waals surface area contributed by atoms with Crippen molar-refractivity contribution in [3.8, 4) is 0 Å². The third kappa shape index (κ3) is 5.86. The number of rotatable bonds is 8. The monoisotopic (exact) mass is 334 g/mol. The molecule has 0 saturated heterocycles. The van der Waals surface area contributed by atoms with Gasteiger partial charge in [0.25, 0.3) is 0 Å². The van der Waals surface area contributed by atoms with Gasteiger partial charge in [0, 0.05) is 12.4 Å². The zero-order valence-electron chi connectivity index (χ0n) is 13.8. The Balaban J connectivity index is 1.65. The van der Waals surface area contributed by atoms with E-state index in [1.54, 1.807) is 38.9 Å². The summed E-state index contributed by atoms with van der Waals surface area (Å²) in [7, 11) is 0. The molecule has 0 fully saturated rings. The van der Waals surface area contributed by atoms with Crippen LogP contribution >= 0.6 is 0 Å². The van der Waals surface area contributed by atoms with Crippen LogP contribution in [0, 0.1) is 0 Å². The Bertz CT molecular complexity index is 568. The van der Waals surface area contributed by atoms with E-state index in [2.05, 4.69) is 19.9 Å². The lowest BCUT2D eigenvalue weighted by Gasteiger charge is -2.14. The Kier molecular flexibility index (Phi) is 6.53. The number of aryl methyl sites for hydroxylation is 2. The minimum absolute atomic E-state index is 0.388. The molecule has 130 valence electrons. The number of imidazole rings is 2. The molecule has 0 aromatic carbocycles. The Hall–Kier alpha value is -2.64. The predicted octanol–water partition coefficient (Wildman–Crippen LogP) is 1.56. The van der Waals surface area contributed by atoms with Gasteiger partial charge in [0.2, 0.25) is 0 Å². The van der Waals surface area contributed by atoms with Gasteiger partial charge in [-0.1, -0.05) is 0 Å². The molecular formula is C16H22N4O4. The minimum Gasteiger partial charge on any atom is -0.454 e. The zero-order valence-corrected chi connectivity index (χ0v) is 13.8. The highest BCUT2D eigenvalue weighted by atomic mass is 16.6. The number of nitrogens with zero attached hydrogens (tertiary/aromatic N) is 2. The topological polar surface area (TPSA) is 110 Å². The highest BCUT2D eigenvalue weighted by molar-refractivity contribution is 6.29. The summed E-state index contributed by atoms with van der Waals surface area (Å²) < 4.78 is 10.2. The van der Waals surface area contributed by atoms with E-state index in [0.29, 0.717) is 25.7 Å². The summed E-state index contributed by atoms with van der Waals surface area (Å²) in [6.45, 7) is 3.47. The number of nitrogens with one attached hydrogen (secondary N) is 2. The quantitative estimate of drug-likeness (QED) is 0.560. The van der Waals surface area contributed by atoms with Crippen LogP contribution in [0.25, 0.3) is 0 Å². The van der Waals surface area contributed by atoms with Crippen molar-refractivity contribution in [1.29, 1.82) is 0 Å². The maximum Gasteiger partial charge on any atom is 0.417 e. The molecule has 2 atom stereocenters. The van der Waals surface area contributed by atoms with E-state index < -0.39 is 11.9 Å². The second kappa shape index (κ2) is 8.85. The van der Waals surface area contributed by atoms with Crippen LogP contribution in [0.3, 0.4) is 0 Å². The SMILES string of the molecule is CC(CCc1c[nH]cn1)OC(=O)C(=O)OC(C)CCc1c[nH]cn1. The molecule has 0 bridgehead atoms. The number of hydrogen-bond donors (Lipinski definition) is 2. The molecule has 0 amide bonds. The lowest BCUT2D eigenvalue weighted by molar-refractivity contribution is -0.173. The lowest BCUT2D eigenvalue weighted by atomic mass is 10.2. The zero-order chi connectivity index (χ0) is 17.4. The van der Waals surface area contributed by atoms with Crippen molar-refractivity contribution in [2.75, 3.05) is 0 Å². The van der Waals surface area contributed by atoms with E-state index in [1.807, 2.05) is 0 Å². The highest BCUT2D eigenvalue weighted by Crippen LogP contribution is 2.08. The summed E-state index contributed by atoms with van der Waals surface area (Å²) in [5, 5.41) is 0. The first-order valence-electron chi connectivity index (χ1n) is 7.91. The molecule has 2 aromatic rings. The summed E-state index contributed by atoms with van der Waals surface area (Å²) in [5.74, 6) is -1.92. The minimum atomic E-state index is -0.962. The van der Waals surface area contributed by atoms with Gasteiger partial charge in [0.15, 0.2) is 0 Å². The number of carbonyl (C=O) groups is 2. The lowest BCUT2D eigenvalue weighted by Crippen LogP contribution is -2.28. The number of hydrogen-bond acceptors (Lipinski definition) is 6. The second-order valence-electron chi connectivity index (χ2n) is 5.63. The number of aromatic nitrogens is 4. The summed E-state index contributed by atoms with van der Waals surface area (Å²) in [4.78, 5) is 37.4. The molecular weight excluding hydrogens is 312 g/mol. The van der Waals surface area contributed by atoms with E-state index in [4.69, 9.17) is 9.47 Å². The molecule has 2 rings (SSSR count). The smallest absolute Gasteiger partial charge is 0.417 e. The molecule has 24 heavy (non-hydrogen) atoms. The van der Waals surface area contributed by atoms with Crippen molar-refractivity contribution < 1.29 is 19.1 Å². The summed E-state index contributed by atoms with van der Waals surface area (Å²) in [6, 6.07) is 0. The van der Waals surface area contributed by atoms with Crippen molar-refractivity contribution in [3.05, 3.63) is 36.4 Å². The number of aromatic amines is 2. The van der Waals surface area contributed by atoms with Crippen LogP contribution < -0.4 is 0 Å². The fraction of sp³-hybridized carbons (Fsp3) is 0.500. The van der Waals surface area contributed by atoms with Crippen LogP contribution in [0.1, 0.15) is 38.1 Å². The third-order valence-electron chi connectivity index (χ3n) is 3.51. The van der Waals surface area contributed by atoms with Crippen LogP contribution in [-0.4, -0.2) is 44.1 Å². The largest absolute Gasteiger partial charge is 0.454 e. The molecule has 8 nitrogen and oxygen atoms in total. The number of H-pyrrole nitrogens is 2. The van der Waals surface area contributed by atoms with Gasteiger partial charge in [-0.2, -0.15) is 0 Å². The molecule has 0 aliphatic carbocycles. The van der Waals surface area contributed by atoms with Gasteiger partial charge in [-0.3, -0.25) is 0 Å². The van der Waals surface area contributed by atoms with Crippen molar-refractivity contribution >= 4 is 11.9 Å². The van der Waals surface area contributed by atoms with E-state index >= 15 is 0 Å². The first kappa shape index (κ1) is 17.7. The molecule has 8 heteroatoms. The molecule has 0 saturated carbocycles. The predicted molar refractivity (Wildman–Crippen MR) is 84.9 cm³/mol. The Labute approximate surface area is 140 Å². The summed E-state index contributed by atoms with van der Waals surface area (Å²) in [6.07, 6.45) is 8.45. The van der Waals surface area contributed by atoms with Crippen LogP contribution in [0.4, 0.5) is 0 Å². The average Bonchev–Trinajstić information content (AvgIpc) is 3.24. The van der Waals surface area contributed by atoms with Crippen LogP contribution in [0.5, 0.6) is 0 Å². The molecule has 0 aliphatic rings. The second-order valence-corrected chi connectivity index (χ2v) is 5.63. The molecule has 2 aromatic heterocycles. The normalized spacial score (nSPS) is 13.2. The van der Waals surface area contributed by atoms with Gasteiger partial charge in [-0.05, 0) is 39.5 Å². The fourth-order valence-corrected chi connectivity index (χ4v) is 2.14. The Morgan fingerprint density at radius 2 is 1.33 bits per heavy atom. The molecule has 2 N–H and O–H groups in total. The molecule has 0 aliphatic heterocycles. The van der Waals surface area contributed by atoms with E-state index in [9.17, 15) is 9.59 Å². The van der Waals surface area contributed by atoms with Gasteiger partial charge in [0.05, 0.1) is 36.3 Å². The van der Waals surface area contributed by atoms with E-state index in [0.717, 1.165) is 11.4 Å².